The van der Waals surface area contributed by atoms with Crippen molar-refractivity contribution in [3.05, 3.63) is 83.7 Å². The van der Waals surface area contributed by atoms with Crippen LogP contribution in [0.15, 0.2) is 83.7 Å². The zero-order valence-electron chi connectivity index (χ0n) is 15.5. The van der Waals surface area contributed by atoms with Crippen molar-refractivity contribution >= 4 is 26.5 Å². The summed E-state index contributed by atoms with van der Waals surface area (Å²) in [7, 11) is -0.418. The van der Waals surface area contributed by atoms with E-state index in [1.807, 2.05) is 0 Å². The molecule has 0 amide bonds. The van der Waals surface area contributed by atoms with Gasteiger partial charge in [-0.25, -0.2) is 0 Å². The first-order chi connectivity index (χ1) is 12.3. The summed E-state index contributed by atoms with van der Waals surface area (Å²) in [5.74, 6) is 0. The smallest absolute Gasteiger partial charge is 0.0312 e. The van der Waals surface area contributed by atoms with E-state index >= 15 is 0 Å². The second-order valence-corrected chi connectivity index (χ2v) is 11.4. The number of hydrogen-bond donors (Lipinski definition) is 0. The fourth-order valence-corrected chi connectivity index (χ4v) is 9.34. The van der Waals surface area contributed by atoms with Crippen LogP contribution < -0.4 is 10.6 Å². The maximum atomic E-state index is 2.51. The third-order valence-corrected chi connectivity index (χ3v) is 10.6. The van der Waals surface area contributed by atoms with Crippen LogP contribution >= 0.6 is 15.8 Å². The van der Waals surface area contributed by atoms with Gasteiger partial charge in [0.1, 0.15) is 0 Å². The third kappa shape index (κ3) is 3.97. The summed E-state index contributed by atoms with van der Waals surface area (Å²) in [5.41, 5.74) is 2.18. The van der Waals surface area contributed by atoms with E-state index in [1.54, 1.807) is 10.9 Å². The van der Waals surface area contributed by atoms with Crippen molar-refractivity contribution in [1.82, 2.24) is 0 Å². The highest BCUT2D eigenvalue weighted by Crippen LogP contribution is 2.59. The lowest BCUT2D eigenvalue weighted by Gasteiger charge is -2.31. The zero-order chi connectivity index (χ0) is 17.6. The lowest BCUT2D eigenvalue weighted by molar-refractivity contribution is 1.14. The van der Waals surface area contributed by atoms with Crippen LogP contribution in [0.2, 0.25) is 0 Å². The van der Waals surface area contributed by atoms with E-state index < -0.39 is 7.92 Å². The van der Waals surface area contributed by atoms with Gasteiger partial charge in [-0.1, -0.05) is 102 Å². The summed E-state index contributed by atoms with van der Waals surface area (Å²) in [4.78, 5) is 0. The number of rotatable bonds is 7. The van der Waals surface area contributed by atoms with Gasteiger partial charge in [-0.3, -0.25) is 0 Å². The molecule has 0 aliphatic heterocycles. The lowest BCUT2D eigenvalue weighted by Crippen LogP contribution is -2.21. The average molecular weight is 366 g/mol. The molecule has 2 heteroatoms. The second kappa shape index (κ2) is 8.93. The van der Waals surface area contributed by atoms with Gasteiger partial charge in [-0.15, -0.1) is 0 Å². The standard InChI is InChI=1S/C23H28P2/c1-4-19-17-18-22(23(19)24(5-2)6-3)25(20-13-9-7-10-14-20)21-15-11-8-12-16-21/h7-18,22H,4-6H2,1-3H3. The van der Waals surface area contributed by atoms with Gasteiger partial charge in [0.2, 0.25) is 0 Å². The third-order valence-electron chi connectivity index (χ3n) is 4.92. The molecule has 0 bridgehead atoms. The highest BCUT2D eigenvalue weighted by Gasteiger charge is 2.32. The van der Waals surface area contributed by atoms with Crippen LogP contribution in [-0.4, -0.2) is 18.0 Å². The van der Waals surface area contributed by atoms with Crippen LogP contribution in [0.25, 0.3) is 0 Å². The molecule has 0 aromatic heterocycles. The Hall–Kier alpha value is -1.22. The monoisotopic (exact) mass is 366 g/mol. The molecule has 1 atom stereocenters. The summed E-state index contributed by atoms with van der Waals surface area (Å²) in [6.07, 6.45) is 8.71. The molecule has 0 nitrogen and oxygen atoms in total. The Morgan fingerprint density at radius 1 is 0.760 bits per heavy atom. The van der Waals surface area contributed by atoms with Crippen molar-refractivity contribution < 1.29 is 0 Å². The van der Waals surface area contributed by atoms with E-state index in [1.165, 1.54) is 22.9 Å². The molecule has 1 aliphatic rings. The maximum absolute atomic E-state index is 2.51. The van der Waals surface area contributed by atoms with Crippen molar-refractivity contribution in [3.63, 3.8) is 0 Å². The van der Waals surface area contributed by atoms with Crippen LogP contribution in [0.4, 0.5) is 0 Å². The Bertz CT molecular complexity index is 688. The molecule has 2 aromatic carbocycles. The Morgan fingerprint density at radius 2 is 1.28 bits per heavy atom. The molecule has 130 valence electrons. The molecule has 0 heterocycles. The van der Waals surface area contributed by atoms with Crippen molar-refractivity contribution in [3.8, 4) is 0 Å². The first-order valence-corrected chi connectivity index (χ1v) is 12.5. The molecular weight excluding hydrogens is 338 g/mol. The van der Waals surface area contributed by atoms with Crippen LogP contribution in [-0.2, 0) is 0 Å². The molecule has 0 saturated carbocycles. The molecular formula is C23H28P2. The SMILES string of the molecule is CCC1=C(P(CC)CC)C(P(c2ccccc2)c2ccccc2)C=C1. The van der Waals surface area contributed by atoms with Gasteiger partial charge < -0.3 is 0 Å². The maximum Gasteiger partial charge on any atom is 0.0312 e. The normalized spacial score (nSPS) is 17.1. The summed E-state index contributed by atoms with van der Waals surface area (Å²) in [6, 6.07) is 22.3. The van der Waals surface area contributed by atoms with Crippen molar-refractivity contribution in [1.29, 1.82) is 0 Å². The Kier molecular flexibility index (Phi) is 6.63. The minimum absolute atomic E-state index is 0.0217. The predicted octanol–water partition coefficient (Wildman–Crippen LogP) is 6.24. The van der Waals surface area contributed by atoms with E-state index in [9.17, 15) is 0 Å². The molecule has 1 unspecified atom stereocenters. The molecule has 3 rings (SSSR count). The molecule has 1 aliphatic carbocycles. The summed E-state index contributed by atoms with van der Waals surface area (Å²) in [5, 5.41) is 4.77. The molecule has 25 heavy (non-hydrogen) atoms. The Morgan fingerprint density at radius 3 is 1.72 bits per heavy atom. The van der Waals surface area contributed by atoms with E-state index in [2.05, 4.69) is 93.6 Å². The van der Waals surface area contributed by atoms with Gasteiger partial charge in [-0.2, -0.15) is 0 Å². The number of allylic oxidation sites excluding steroid dienone is 4. The molecule has 0 fully saturated rings. The molecule has 2 aromatic rings. The average Bonchev–Trinajstić information content (AvgIpc) is 3.08. The molecule has 0 N–H and O–H groups in total. The van der Waals surface area contributed by atoms with Gasteiger partial charge in [0.25, 0.3) is 0 Å². The molecule has 0 saturated heterocycles. The van der Waals surface area contributed by atoms with Crippen molar-refractivity contribution in [2.45, 2.75) is 32.9 Å². The summed E-state index contributed by atoms with van der Waals surface area (Å²) >= 11 is 0. The first kappa shape index (κ1) is 18.6. The fraction of sp³-hybridized carbons (Fsp3) is 0.304. The van der Waals surface area contributed by atoms with E-state index in [4.69, 9.17) is 0 Å². The molecule has 0 spiro atoms. The minimum atomic E-state index is -0.396. The predicted molar refractivity (Wildman–Crippen MR) is 117 cm³/mol. The number of benzene rings is 2. The van der Waals surface area contributed by atoms with Crippen LogP contribution in [0.5, 0.6) is 0 Å². The Balaban J connectivity index is 2.10. The van der Waals surface area contributed by atoms with Gasteiger partial charge in [0.05, 0.1) is 0 Å². The highest BCUT2D eigenvalue weighted by molar-refractivity contribution is 7.75. The van der Waals surface area contributed by atoms with Crippen molar-refractivity contribution in [2.24, 2.45) is 0 Å². The van der Waals surface area contributed by atoms with Gasteiger partial charge in [0, 0.05) is 5.66 Å². The van der Waals surface area contributed by atoms with E-state index in [0.717, 1.165) is 6.42 Å². The minimum Gasteiger partial charge on any atom is -0.0789 e. The second-order valence-electron chi connectivity index (χ2n) is 6.28. The van der Waals surface area contributed by atoms with Crippen molar-refractivity contribution in [2.75, 3.05) is 12.3 Å². The number of hydrogen-bond acceptors (Lipinski definition) is 0. The summed E-state index contributed by atoms with van der Waals surface area (Å²) in [6.45, 7) is 7.06. The summed E-state index contributed by atoms with van der Waals surface area (Å²) < 4.78 is 0. The largest absolute Gasteiger partial charge is 0.0789 e. The first-order valence-electron chi connectivity index (χ1n) is 9.35. The van der Waals surface area contributed by atoms with Gasteiger partial charge in [0.15, 0.2) is 0 Å². The van der Waals surface area contributed by atoms with Gasteiger partial charge >= 0.3 is 0 Å². The van der Waals surface area contributed by atoms with Crippen LogP contribution in [0, 0.1) is 0 Å². The van der Waals surface area contributed by atoms with Gasteiger partial charge in [-0.05, 0) is 48.2 Å². The van der Waals surface area contributed by atoms with Crippen LogP contribution in [0.3, 0.4) is 0 Å². The van der Waals surface area contributed by atoms with E-state index in [0.29, 0.717) is 5.66 Å². The quantitative estimate of drug-likeness (QED) is 0.509. The zero-order valence-corrected chi connectivity index (χ0v) is 17.3. The van der Waals surface area contributed by atoms with Crippen LogP contribution in [0.1, 0.15) is 27.2 Å². The lowest BCUT2D eigenvalue weighted by atomic mass is 10.2. The molecule has 0 radical (unpaired) electrons. The van der Waals surface area contributed by atoms with E-state index in [-0.39, 0.29) is 7.92 Å². The topological polar surface area (TPSA) is 0 Å². The fourth-order valence-electron chi connectivity index (χ4n) is 3.68. The Labute approximate surface area is 155 Å². The highest BCUT2D eigenvalue weighted by atomic mass is 31.1.